The van der Waals surface area contributed by atoms with Crippen molar-refractivity contribution in [3.8, 4) is 5.88 Å². The Kier molecular flexibility index (Phi) is 4.96. The molecule has 106 valence electrons. The van der Waals surface area contributed by atoms with Gasteiger partial charge in [0, 0.05) is 6.07 Å². The fourth-order valence-electron chi connectivity index (χ4n) is 1.18. The summed E-state index contributed by atoms with van der Waals surface area (Å²) in [6.45, 7) is 1.20. The number of esters is 1. The first kappa shape index (κ1) is 15.1. The number of carbonyl (C=O) groups is 1. The zero-order valence-electron chi connectivity index (χ0n) is 10.2. The van der Waals surface area contributed by atoms with Crippen molar-refractivity contribution >= 4 is 11.7 Å². The molecule has 0 fully saturated rings. The molecule has 0 aliphatic carbocycles. The normalized spacial score (nSPS) is 11.2. The molecule has 5 nitrogen and oxygen atoms in total. The van der Waals surface area contributed by atoms with Crippen LogP contribution in [0.15, 0.2) is 12.3 Å². The van der Waals surface area contributed by atoms with E-state index in [-0.39, 0.29) is 23.7 Å². The van der Waals surface area contributed by atoms with Gasteiger partial charge in [-0.1, -0.05) is 0 Å². The third-order valence-electron chi connectivity index (χ3n) is 2.04. The number of nitrogens with two attached hydrogens (primary N) is 1. The number of aromatic nitrogens is 1. The molecule has 2 N–H and O–H groups in total. The maximum absolute atomic E-state index is 11.9. The number of ether oxygens (including phenoxy) is 2. The molecule has 0 bridgehead atoms. The van der Waals surface area contributed by atoms with Crippen molar-refractivity contribution < 1.29 is 27.4 Å². The average Bonchev–Trinajstić information content (AvgIpc) is 2.30. The van der Waals surface area contributed by atoms with Crippen LogP contribution in [0.3, 0.4) is 0 Å². The predicted octanol–water partition coefficient (Wildman–Crippen LogP) is 2.17. The van der Waals surface area contributed by atoms with Gasteiger partial charge < -0.3 is 15.2 Å². The maximum Gasteiger partial charge on any atom is 0.392 e. The molecule has 0 aliphatic rings. The molecule has 0 saturated heterocycles. The molecule has 8 heteroatoms. The summed E-state index contributed by atoms with van der Waals surface area (Å²) < 4.78 is 45.4. The minimum atomic E-state index is -4.31. The van der Waals surface area contributed by atoms with Crippen LogP contribution < -0.4 is 10.5 Å². The van der Waals surface area contributed by atoms with Crippen LogP contribution >= 0.6 is 0 Å². The van der Waals surface area contributed by atoms with Crippen molar-refractivity contribution in [1.82, 2.24) is 4.98 Å². The van der Waals surface area contributed by atoms with Gasteiger partial charge >= 0.3 is 12.1 Å². The van der Waals surface area contributed by atoms with Crippen molar-refractivity contribution in [2.75, 3.05) is 18.9 Å². The molecule has 1 aromatic rings. The van der Waals surface area contributed by atoms with Crippen molar-refractivity contribution in [3.63, 3.8) is 0 Å². The molecule has 1 aromatic heterocycles. The van der Waals surface area contributed by atoms with Crippen LogP contribution in [0.4, 0.5) is 18.9 Å². The van der Waals surface area contributed by atoms with Gasteiger partial charge in [-0.2, -0.15) is 13.2 Å². The number of alkyl halides is 3. The second-order valence-corrected chi connectivity index (χ2v) is 3.54. The Hall–Kier alpha value is -1.99. The SMILES string of the molecule is CCOC(=O)c1cc(OCCC(F)(F)F)ncc1N. The number of pyridine rings is 1. The number of rotatable bonds is 5. The summed E-state index contributed by atoms with van der Waals surface area (Å²) in [5.41, 5.74) is 5.60. The minimum Gasteiger partial charge on any atom is -0.477 e. The van der Waals surface area contributed by atoms with Crippen LogP contribution in [0, 0.1) is 0 Å². The highest BCUT2D eigenvalue weighted by molar-refractivity contribution is 5.95. The van der Waals surface area contributed by atoms with Gasteiger partial charge in [-0.3, -0.25) is 0 Å². The Bertz CT molecular complexity index is 449. The van der Waals surface area contributed by atoms with Gasteiger partial charge in [0.25, 0.3) is 0 Å². The lowest BCUT2D eigenvalue weighted by atomic mass is 10.2. The smallest absolute Gasteiger partial charge is 0.392 e. The van der Waals surface area contributed by atoms with Crippen molar-refractivity contribution in [2.24, 2.45) is 0 Å². The van der Waals surface area contributed by atoms with Crippen LogP contribution in [-0.2, 0) is 4.74 Å². The summed E-state index contributed by atoms with van der Waals surface area (Å²) in [6.07, 6.45) is -4.28. The summed E-state index contributed by atoms with van der Waals surface area (Å²) in [4.78, 5) is 15.2. The summed E-state index contributed by atoms with van der Waals surface area (Å²) in [5.74, 6) is -0.787. The Balaban J connectivity index is 2.71. The van der Waals surface area contributed by atoms with Crippen LogP contribution in [-0.4, -0.2) is 30.3 Å². The van der Waals surface area contributed by atoms with Gasteiger partial charge in [-0.25, -0.2) is 9.78 Å². The van der Waals surface area contributed by atoms with Crippen LogP contribution in [0.1, 0.15) is 23.7 Å². The fourth-order valence-corrected chi connectivity index (χ4v) is 1.18. The Morgan fingerprint density at radius 2 is 2.16 bits per heavy atom. The van der Waals surface area contributed by atoms with E-state index in [1.54, 1.807) is 6.92 Å². The predicted molar refractivity (Wildman–Crippen MR) is 60.8 cm³/mol. The van der Waals surface area contributed by atoms with Crippen LogP contribution in [0.5, 0.6) is 5.88 Å². The number of hydrogen-bond acceptors (Lipinski definition) is 5. The van der Waals surface area contributed by atoms with Crippen LogP contribution in [0.2, 0.25) is 0 Å². The highest BCUT2D eigenvalue weighted by Gasteiger charge is 2.27. The van der Waals surface area contributed by atoms with E-state index < -0.39 is 25.2 Å². The first-order valence-corrected chi connectivity index (χ1v) is 5.45. The van der Waals surface area contributed by atoms with E-state index in [1.165, 1.54) is 0 Å². The van der Waals surface area contributed by atoms with Gasteiger partial charge in [-0.15, -0.1) is 0 Å². The number of halogens is 3. The topological polar surface area (TPSA) is 74.4 Å². The number of hydrogen-bond donors (Lipinski definition) is 1. The monoisotopic (exact) mass is 278 g/mol. The standard InChI is InChI=1S/C11H13F3N2O3/c1-2-18-10(17)7-5-9(16-6-8(7)15)19-4-3-11(12,13)14/h5-6H,2-4,15H2,1H3. The highest BCUT2D eigenvalue weighted by Crippen LogP contribution is 2.21. The first-order chi connectivity index (χ1) is 8.83. The van der Waals surface area contributed by atoms with Gasteiger partial charge in [0.2, 0.25) is 5.88 Å². The number of nitrogen functional groups attached to an aromatic ring is 1. The largest absolute Gasteiger partial charge is 0.477 e. The number of nitrogens with zero attached hydrogens (tertiary/aromatic N) is 1. The number of anilines is 1. The molecule has 0 radical (unpaired) electrons. The molecule has 1 rings (SSSR count). The molecule has 0 saturated carbocycles. The third-order valence-corrected chi connectivity index (χ3v) is 2.04. The number of carbonyl (C=O) groups excluding carboxylic acids is 1. The quantitative estimate of drug-likeness (QED) is 0.835. The van der Waals surface area contributed by atoms with Gasteiger partial charge in [-0.05, 0) is 6.92 Å². The second kappa shape index (κ2) is 6.26. The molecule has 0 aromatic carbocycles. The molecular formula is C11H13F3N2O3. The third kappa shape index (κ3) is 5.02. The highest BCUT2D eigenvalue weighted by atomic mass is 19.4. The molecule has 0 aliphatic heterocycles. The Morgan fingerprint density at radius 3 is 2.74 bits per heavy atom. The van der Waals surface area contributed by atoms with Gasteiger partial charge in [0.05, 0.1) is 37.1 Å². The lowest BCUT2D eigenvalue weighted by Gasteiger charge is -2.10. The zero-order valence-corrected chi connectivity index (χ0v) is 10.2. The zero-order chi connectivity index (χ0) is 14.5. The average molecular weight is 278 g/mol. The molecule has 19 heavy (non-hydrogen) atoms. The summed E-state index contributed by atoms with van der Waals surface area (Å²) in [7, 11) is 0. The molecule has 0 unspecified atom stereocenters. The lowest BCUT2D eigenvalue weighted by Crippen LogP contribution is -2.14. The van der Waals surface area contributed by atoms with E-state index in [1.807, 2.05) is 0 Å². The van der Waals surface area contributed by atoms with E-state index >= 15 is 0 Å². The molecule has 0 amide bonds. The summed E-state index contributed by atoms with van der Waals surface area (Å²) in [5, 5.41) is 0. The Morgan fingerprint density at radius 1 is 1.47 bits per heavy atom. The molecule has 1 heterocycles. The van der Waals surface area contributed by atoms with Crippen LogP contribution in [0.25, 0.3) is 0 Å². The summed E-state index contributed by atoms with van der Waals surface area (Å²) >= 11 is 0. The Labute approximate surface area is 107 Å². The van der Waals surface area contributed by atoms with E-state index in [4.69, 9.17) is 15.2 Å². The first-order valence-electron chi connectivity index (χ1n) is 5.45. The maximum atomic E-state index is 11.9. The van der Waals surface area contributed by atoms with Gasteiger partial charge in [0.15, 0.2) is 0 Å². The fraction of sp³-hybridized carbons (Fsp3) is 0.455. The minimum absolute atomic E-state index is 0.0128. The second-order valence-electron chi connectivity index (χ2n) is 3.54. The van der Waals surface area contributed by atoms with Gasteiger partial charge in [0.1, 0.15) is 0 Å². The molecule has 0 spiro atoms. The van der Waals surface area contributed by atoms with Crippen molar-refractivity contribution in [3.05, 3.63) is 17.8 Å². The van der Waals surface area contributed by atoms with E-state index in [0.29, 0.717) is 0 Å². The molecule has 0 atom stereocenters. The summed E-state index contributed by atoms with van der Waals surface area (Å²) in [6, 6.07) is 1.16. The van der Waals surface area contributed by atoms with E-state index in [2.05, 4.69) is 4.98 Å². The molecular weight excluding hydrogens is 265 g/mol. The van der Waals surface area contributed by atoms with E-state index in [9.17, 15) is 18.0 Å². The van der Waals surface area contributed by atoms with Crippen molar-refractivity contribution in [1.29, 1.82) is 0 Å². The van der Waals surface area contributed by atoms with Crippen molar-refractivity contribution in [2.45, 2.75) is 19.5 Å². The van der Waals surface area contributed by atoms with E-state index in [0.717, 1.165) is 12.3 Å². The lowest BCUT2D eigenvalue weighted by molar-refractivity contribution is -0.139.